The van der Waals surface area contributed by atoms with Crippen molar-refractivity contribution < 1.29 is 9.73 Å². The number of guanidine groups is 1. The third-order valence-corrected chi connectivity index (χ3v) is 2.71. The van der Waals surface area contributed by atoms with E-state index in [2.05, 4.69) is 39.6 Å². The highest BCUT2D eigenvalue weighted by molar-refractivity contribution is 5.69. The Hall–Kier alpha value is -0.770. The minimum absolute atomic E-state index is 0.0355. The summed E-state index contributed by atoms with van der Waals surface area (Å²) >= 11 is 0. The zero-order valence-electron chi connectivity index (χ0n) is 11.4. The van der Waals surface area contributed by atoms with Gasteiger partial charge in [0.2, 0.25) is 0 Å². The van der Waals surface area contributed by atoms with Gasteiger partial charge in [-0.3, -0.25) is 16.5 Å². The predicted octanol–water partition coefficient (Wildman–Crippen LogP) is -0.181. The van der Waals surface area contributed by atoms with Crippen LogP contribution in [0.5, 0.6) is 0 Å². The second kappa shape index (κ2) is 6.09. The lowest BCUT2D eigenvalue weighted by molar-refractivity contribution is -0.478. The standard InChI is InChI=1S/C12H27N3O/c1-6-11(2,3)8-16-9-12(4,5)7-15-10(13)14/h6-9H2,1-5H3,(H4,13,14,15)/p+1. The van der Waals surface area contributed by atoms with Crippen LogP contribution in [0, 0.1) is 10.8 Å². The zero-order chi connectivity index (χ0) is 12.8. The minimum atomic E-state index is 0.0355. The van der Waals surface area contributed by atoms with Crippen LogP contribution < -0.4 is 16.5 Å². The van der Waals surface area contributed by atoms with Gasteiger partial charge in [0.05, 0.1) is 19.8 Å². The quantitative estimate of drug-likeness (QED) is 0.419. The maximum absolute atomic E-state index is 5.76. The van der Waals surface area contributed by atoms with E-state index in [0.717, 1.165) is 19.6 Å². The van der Waals surface area contributed by atoms with Crippen LogP contribution in [-0.4, -0.2) is 25.7 Å². The summed E-state index contributed by atoms with van der Waals surface area (Å²) in [7, 11) is 0. The fourth-order valence-electron chi connectivity index (χ4n) is 1.10. The second-order valence-corrected chi connectivity index (χ2v) is 5.98. The van der Waals surface area contributed by atoms with Gasteiger partial charge in [0.25, 0.3) is 0 Å². The second-order valence-electron chi connectivity index (χ2n) is 5.98. The average Bonchev–Trinajstić information content (AvgIpc) is 2.14. The van der Waals surface area contributed by atoms with Crippen molar-refractivity contribution in [3.63, 3.8) is 0 Å². The normalized spacial score (nSPS) is 12.6. The summed E-state index contributed by atoms with van der Waals surface area (Å²) in [5, 5.41) is 0. The van der Waals surface area contributed by atoms with E-state index in [1.54, 1.807) is 0 Å². The molecule has 4 nitrogen and oxygen atoms in total. The van der Waals surface area contributed by atoms with Gasteiger partial charge in [-0.1, -0.05) is 34.6 Å². The molecule has 0 aliphatic rings. The molecule has 0 atom stereocenters. The Morgan fingerprint density at radius 3 is 2.00 bits per heavy atom. The fraction of sp³-hybridized carbons (Fsp3) is 0.917. The molecule has 16 heavy (non-hydrogen) atoms. The van der Waals surface area contributed by atoms with Crippen molar-refractivity contribution >= 4 is 5.96 Å². The van der Waals surface area contributed by atoms with Gasteiger partial charge in [0.15, 0.2) is 0 Å². The van der Waals surface area contributed by atoms with Crippen LogP contribution in [0.3, 0.4) is 0 Å². The van der Waals surface area contributed by atoms with Crippen LogP contribution in [0.15, 0.2) is 0 Å². The molecule has 0 radical (unpaired) electrons. The summed E-state index contributed by atoms with van der Waals surface area (Å²) in [5.74, 6) is 0.266. The highest BCUT2D eigenvalue weighted by Crippen LogP contribution is 2.21. The SMILES string of the molecule is CCC(C)(C)COCC(C)(C)C[NH+]=C(N)N. The lowest BCUT2D eigenvalue weighted by Gasteiger charge is -2.27. The van der Waals surface area contributed by atoms with E-state index in [1.807, 2.05) is 0 Å². The van der Waals surface area contributed by atoms with Crippen LogP contribution in [0.25, 0.3) is 0 Å². The molecule has 0 bridgehead atoms. The maximum Gasteiger partial charge on any atom is 0.338 e. The maximum atomic E-state index is 5.76. The summed E-state index contributed by atoms with van der Waals surface area (Å²) in [6.07, 6.45) is 1.12. The topological polar surface area (TPSA) is 75.2 Å². The Labute approximate surface area is 99.4 Å². The number of hydrogen-bond acceptors (Lipinski definition) is 1. The molecule has 96 valence electrons. The number of nitrogens with one attached hydrogen (secondary N) is 1. The smallest absolute Gasteiger partial charge is 0.338 e. The number of ether oxygens (including phenoxy) is 1. The van der Waals surface area contributed by atoms with Gasteiger partial charge >= 0.3 is 5.96 Å². The van der Waals surface area contributed by atoms with E-state index < -0.39 is 0 Å². The molecule has 0 heterocycles. The van der Waals surface area contributed by atoms with Crippen LogP contribution in [0.4, 0.5) is 0 Å². The highest BCUT2D eigenvalue weighted by atomic mass is 16.5. The Balaban J connectivity index is 3.95. The van der Waals surface area contributed by atoms with Gasteiger partial charge in [-0.25, -0.2) is 0 Å². The third kappa shape index (κ3) is 7.51. The van der Waals surface area contributed by atoms with Crippen molar-refractivity contribution in [2.75, 3.05) is 19.8 Å². The van der Waals surface area contributed by atoms with Crippen molar-refractivity contribution in [3.8, 4) is 0 Å². The van der Waals surface area contributed by atoms with E-state index in [9.17, 15) is 0 Å². The molecule has 0 saturated carbocycles. The Kier molecular flexibility index (Phi) is 5.79. The predicted molar refractivity (Wildman–Crippen MR) is 67.9 cm³/mol. The van der Waals surface area contributed by atoms with Crippen LogP contribution in [0.2, 0.25) is 0 Å². The number of rotatable bonds is 7. The molecule has 5 N–H and O–H groups in total. The lowest BCUT2D eigenvalue weighted by atomic mass is 9.91. The molecule has 0 aromatic rings. The van der Waals surface area contributed by atoms with Crippen LogP contribution in [0.1, 0.15) is 41.0 Å². The summed E-state index contributed by atoms with van der Waals surface area (Å²) in [6, 6.07) is 0. The molecule has 0 unspecified atom stereocenters. The molecule has 0 aromatic carbocycles. The van der Waals surface area contributed by atoms with Crippen molar-refractivity contribution in [2.45, 2.75) is 41.0 Å². The lowest BCUT2D eigenvalue weighted by Crippen LogP contribution is -2.80. The van der Waals surface area contributed by atoms with Crippen LogP contribution in [-0.2, 0) is 4.74 Å². The molecular formula is C12H28N3O+. The van der Waals surface area contributed by atoms with Crippen molar-refractivity contribution in [1.82, 2.24) is 0 Å². The van der Waals surface area contributed by atoms with E-state index in [1.165, 1.54) is 0 Å². The number of nitrogens with two attached hydrogens (primary N) is 2. The minimum Gasteiger partial charge on any atom is -0.380 e. The van der Waals surface area contributed by atoms with Gasteiger partial charge in [0, 0.05) is 5.41 Å². The first-order valence-electron chi connectivity index (χ1n) is 5.88. The Morgan fingerprint density at radius 2 is 1.56 bits per heavy atom. The van der Waals surface area contributed by atoms with Crippen molar-refractivity contribution in [2.24, 2.45) is 22.3 Å². The Bertz CT molecular complexity index is 230. The van der Waals surface area contributed by atoms with Crippen molar-refractivity contribution in [3.05, 3.63) is 0 Å². The average molecular weight is 230 g/mol. The molecule has 0 aliphatic carbocycles. The van der Waals surface area contributed by atoms with Gasteiger partial charge in [-0.05, 0) is 11.8 Å². The first-order valence-corrected chi connectivity index (χ1v) is 5.88. The molecule has 0 fully saturated rings. The largest absolute Gasteiger partial charge is 0.380 e. The van der Waals surface area contributed by atoms with Gasteiger partial charge < -0.3 is 4.74 Å². The Morgan fingerprint density at radius 1 is 1.06 bits per heavy atom. The van der Waals surface area contributed by atoms with Gasteiger partial charge in [-0.15, -0.1) is 0 Å². The molecule has 0 aromatic heterocycles. The van der Waals surface area contributed by atoms with E-state index >= 15 is 0 Å². The molecular weight excluding hydrogens is 202 g/mol. The summed E-state index contributed by atoms with van der Waals surface area (Å²) < 4.78 is 5.76. The van der Waals surface area contributed by atoms with Crippen molar-refractivity contribution in [1.29, 1.82) is 0 Å². The van der Waals surface area contributed by atoms with E-state index in [0.29, 0.717) is 6.61 Å². The third-order valence-electron chi connectivity index (χ3n) is 2.71. The fourth-order valence-corrected chi connectivity index (χ4v) is 1.10. The molecule has 4 heteroatoms. The highest BCUT2D eigenvalue weighted by Gasteiger charge is 2.21. The van der Waals surface area contributed by atoms with E-state index in [4.69, 9.17) is 16.2 Å². The summed E-state index contributed by atoms with van der Waals surface area (Å²) in [6.45, 7) is 13.1. The molecule has 0 rings (SSSR count). The van der Waals surface area contributed by atoms with E-state index in [-0.39, 0.29) is 16.8 Å². The molecule has 0 saturated heterocycles. The summed E-state index contributed by atoms with van der Waals surface area (Å²) in [4.78, 5) is 2.94. The number of hydrogen-bond donors (Lipinski definition) is 3. The summed E-state index contributed by atoms with van der Waals surface area (Å²) in [5.41, 5.74) is 11.0. The molecule has 0 amide bonds. The molecule has 0 aliphatic heterocycles. The first-order chi connectivity index (χ1) is 7.18. The first kappa shape index (κ1) is 15.2. The van der Waals surface area contributed by atoms with Crippen LogP contribution >= 0.6 is 0 Å². The monoisotopic (exact) mass is 230 g/mol. The molecule has 0 spiro atoms. The zero-order valence-corrected chi connectivity index (χ0v) is 11.4. The van der Waals surface area contributed by atoms with Gasteiger partial charge in [0.1, 0.15) is 0 Å². The van der Waals surface area contributed by atoms with Gasteiger partial charge in [-0.2, -0.15) is 0 Å².